The van der Waals surface area contributed by atoms with Crippen molar-refractivity contribution >= 4 is 21.6 Å². The largest absolute Gasteiger partial charge is 0.486 e. The molecule has 3 rings (SSSR count). The van der Waals surface area contributed by atoms with Crippen molar-refractivity contribution in [3.63, 3.8) is 0 Å². The third-order valence-corrected chi connectivity index (χ3v) is 5.48. The molecule has 1 heterocycles. The van der Waals surface area contributed by atoms with E-state index < -0.39 is 33.9 Å². The Labute approximate surface area is 163 Å². The number of rotatable bonds is 6. The van der Waals surface area contributed by atoms with Crippen LogP contribution in [0.5, 0.6) is 11.5 Å². The van der Waals surface area contributed by atoms with Gasteiger partial charge in [0.15, 0.2) is 11.5 Å². The maximum atomic E-state index is 14.1. The summed E-state index contributed by atoms with van der Waals surface area (Å²) in [6.45, 7) is 1.76. The average molecular weight is 408 g/mol. The van der Waals surface area contributed by atoms with E-state index in [0.29, 0.717) is 11.5 Å². The van der Waals surface area contributed by atoms with Crippen LogP contribution in [0.2, 0.25) is 0 Å². The van der Waals surface area contributed by atoms with Crippen LogP contribution in [0, 0.1) is 5.82 Å². The van der Waals surface area contributed by atoms with Crippen LogP contribution in [0.1, 0.15) is 6.92 Å². The van der Waals surface area contributed by atoms with Crippen molar-refractivity contribution in [2.75, 3.05) is 23.7 Å². The van der Waals surface area contributed by atoms with Gasteiger partial charge in [0, 0.05) is 0 Å². The van der Waals surface area contributed by atoms with E-state index in [1.165, 1.54) is 25.1 Å². The summed E-state index contributed by atoms with van der Waals surface area (Å²) in [5.41, 5.74) is -0.182. The number of ether oxygens (including phenoxy) is 2. The molecule has 0 bridgehead atoms. The van der Waals surface area contributed by atoms with Crippen molar-refractivity contribution in [2.24, 2.45) is 0 Å². The third-order valence-electron chi connectivity index (χ3n) is 4.25. The first kappa shape index (κ1) is 19.9. The van der Waals surface area contributed by atoms with Crippen molar-refractivity contribution in [3.8, 4) is 11.5 Å². The molecule has 0 spiro atoms. The number of amides is 1. The zero-order valence-corrected chi connectivity index (χ0v) is 16.3. The molecule has 2 aromatic rings. The highest BCUT2D eigenvalue weighted by Crippen LogP contribution is 2.30. The average Bonchev–Trinajstić information content (AvgIpc) is 2.66. The summed E-state index contributed by atoms with van der Waals surface area (Å²) in [7, 11) is -3.89. The number of fused-ring (bicyclic) bond motifs is 1. The lowest BCUT2D eigenvalue weighted by Gasteiger charge is -2.30. The molecule has 2 atom stereocenters. The molecule has 2 aromatic carbocycles. The van der Waals surface area contributed by atoms with Gasteiger partial charge in [-0.1, -0.05) is 24.3 Å². The molecule has 0 radical (unpaired) electrons. The minimum absolute atomic E-state index is 0.117. The van der Waals surface area contributed by atoms with E-state index in [1.54, 1.807) is 12.1 Å². The molecule has 0 saturated carbocycles. The van der Waals surface area contributed by atoms with Crippen LogP contribution in [0.15, 0.2) is 48.5 Å². The fraction of sp³-hybridized carbons (Fsp3) is 0.316. The molecule has 0 saturated heterocycles. The summed E-state index contributed by atoms with van der Waals surface area (Å²) in [5, 5.41) is 2.65. The smallest absolute Gasteiger partial charge is 0.243 e. The third kappa shape index (κ3) is 4.36. The lowest BCUT2D eigenvalue weighted by atomic mass is 10.2. The summed E-state index contributed by atoms with van der Waals surface area (Å²) in [6, 6.07) is 11.4. The highest BCUT2D eigenvalue weighted by molar-refractivity contribution is 7.92. The maximum absolute atomic E-state index is 14.1. The van der Waals surface area contributed by atoms with Gasteiger partial charge in [0.25, 0.3) is 0 Å². The number of anilines is 1. The quantitative estimate of drug-likeness (QED) is 0.790. The first-order valence-corrected chi connectivity index (χ1v) is 10.5. The number of halogens is 1. The summed E-state index contributed by atoms with van der Waals surface area (Å²) in [5.74, 6) is -0.101. The number of para-hydroxylation sites is 3. The van der Waals surface area contributed by atoms with E-state index in [1.807, 2.05) is 12.1 Å². The zero-order chi connectivity index (χ0) is 20.3. The Morgan fingerprint density at radius 2 is 1.86 bits per heavy atom. The number of nitrogens with zero attached hydrogens (tertiary/aromatic N) is 1. The van der Waals surface area contributed by atoms with Crippen LogP contribution < -0.4 is 19.1 Å². The predicted octanol–water partition coefficient (Wildman–Crippen LogP) is 1.94. The number of hydrogen-bond acceptors (Lipinski definition) is 5. The molecule has 0 aliphatic carbocycles. The van der Waals surface area contributed by atoms with Gasteiger partial charge < -0.3 is 14.8 Å². The number of sulfonamides is 1. The van der Waals surface area contributed by atoms with Crippen molar-refractivity contribution in [1.29, 1.82) is 0 Å². The summed E-state index contributed by atoms with van der Waals surface area (Å²) in [4.78, 5) is 12.6. The van der Waals surface area contributed by atoms with E-state index in [9.17, 15) is 17.6 Å². The summed E-state index contributed by atoms with van der Waals surface area (Å²) in [6.07, 6.45) is 0.504. The van der Waals surface area contributed by atoms with Gasteiger partial charge in [0.1, 0.15) is 24.6 Å². The Morgan fingerprint density at radius 3 is 2.54 bits per heavy atom. The monoisotopic (exact) mass is 408 g/mol. The molecular weight excluding hydrogens is 387 g/mol. The van der Waals surface area contributed by atoms with Gasteiger partial charge in [-0.15, -0.1) is 0 Å². The number of nitrogens with one attached hydrogen (secondary N) is 1. The molecule has 0 aromatic heterocycles. The fourth-order valence-electron chi connectivity index (χ4n) is 2.94. The summed E-state index contributed by atoms with van der Waals surface area (Å²) < 4.78 is 50.7. The molecule has 0 fully saturated rings. The molecule has 0 unspecified atom stereocenters. The standard InChI is InChI=1S/C19H21FN2O5S/c1-13(22(28(2,24)25)16-8-4-3-7-15(16)20)19(23)21-11-14-12-26-17-9-5-6-10-18(17)27-14/h3-10,13-14H,11-12H2,1-2H3,(H,21,23)/t13-,14+/m0/s1. The molecule has 1 aliphatic rings. The van der Waals surface area contributed by atoms with Crippen molar-refractivity contribution < 1.29 is 27.1 Å². The second kappa shape index (κ2) is 8.05. The van der Waals surface area contributed by atoms with Gasteiger partial charge in [-0.3, -0.25) is 9.10 Å². The number of hydrogen-bond donors (Lipinski definition) is 1. The topological polar surface area (TPSA) is 84.9 Å². The highest BCUT2D eigenvalue weighted by atomic mass is 32.2. The van der Waals surface area contributed by atoms with E-state index in [2.05, 4.69) is 5.32 Å². The Hall–Kier alpha value is -2.81. The van der Waals surface area contributed by atoms with E-state index in [4.69, 9.17) is 9.47 Å². The Kier molecular flexibility index (Phi) is 5.73. The molecular formula is C19H21FN2O5S. The molecule has 1 amide bonds. The molecule has 150 valence electrons. The lowest BCUT2D eigenvalue weighted by Crippen LogP contribution is -2.50. The van der Waals surface area contributed by atoms with Gasteiger partial charge >= 0.3 is 0 Å². The van der Waals surface area contributed by atoms with E-state index in [0.717, 1.165) is 16.6 Å². The van der Waals surface area contributed by atoms with Gasteiger partial charge in [0.05, 0.1) is 18.5 Å². The molecule has 1 aliphatic heterocycles. The fourth-order valence-corrected chi connectivity index (χ4v) is 4.11. The lowest BCUT2D eigenvalue weighted by molar-refractivity contribution is -0.122. The molecule has 28 heavy (non-hydrogen) atoms. The van der Waals surface area contributed by atoms with Gasteiger partial charge in [-0.2, -0.15) is 0 Å². The van der Waals surface area contributed by atoms with E-state index in [-0.39, 0.29) is 18.8 Å². The number of carbonyl (C=O) groups is 1. The predicted molar refractivity (Wildman–Crippen MR) is 103 cm³/mol. The normalized spacial score (nSPS) is 16.9. The molecule has 7 nitrogen and oxygen atoms in total. The minimum Gasteiger partial charge on any atom is -0.486 e. The van der Waals surface area contributed by atoms with Crippen LogP contribution in [0.4, 0.5) is 10.1 Å². The molecule has 1 N–H and O–H groups in total. The Bertz CT molecular complexity index is 966. The first-order valence-electron chi connectivity index (χ1n) is 8.67. The number of carbonyl (C=O) groups excluding carboxylic acids is 1. The van der Waals surface area contributed by atoms with Crippen LogP contribution >= 0.6 is 0 Å². The van der Waals surface area contributed by atoms with E-state index >= 15 is 0 Å². The Balaban J connectivity index is 1.68. The van der Waals surface area contributed by atoms with Gasteiger partial charge in [-0.05, 0) is 31.2 Å². The minimum atomic E-state index is -3.89. The van der Waals surface area contributed by atoms with Crippen molar-refractivity contribution in [1.82, 2.24) is 5.32 Å². The summed E-state index contributed by atoms with van der Waals surface area (Å²) >= 11 is 0. The highest BCUT2D eigenvalue weighted by Gasteiger charge is 2.31. The van der Waals surface area contributed by atoms with Crippen LogP contribution in [0.3, 0.4) is 0 Å². The second-order valence-corrected chi connectivity index (χ2v) is 8.29. The second-order valence-electron chi connectivity index (χ2n) is 6.43. The van der Waals surface area contributed by atoms with Gasteiger partial charge in [0.2, 0.25) is 15.9 Å². The van der Waals surface area contributed by atoms with Crippen LogP contribution in [0.25, 0.3) is 0 Å². The Morgan fingerprint density at radius 1 is 1.21 bits per heavy atom. The van der Waals surface area contributed by atoms with Crippen molar-refractivity contribution in [3.05, 3.63) is 54.3 Å². The van der Waals surface area contributed by atoms with Crippen molar-refractivity contribution in [2.45, 2.75) is 19.1 Å². The first-order chi connectivity index (χ1) is 13.3. The molecule has 9 heteroatoms. The maximum Gasteiger partial charge on any atom is 0.243 e. The van der Waals surface area contributed by atoms with Crippen LogP contribution in [-0.2, 0) is 14.8 Å². The van der Waals surface area contributed by atoms with Crippen LogP contribution in [-0.4, -0.2) is 45.9 Å². The SMILES string of the molecule is C[C@@H](C(=O)NC[C@@H]1COc2ccccc2O1)N(c1ccccc1F)S(C)(=O)=O. The zero-order valence-electron chi connectivity index (χ0n) is 15.5. The van der Waals surface area contributed by atoms with Gasteiger partial charge in [-0.25, -0.2) is 12.8 Å². The number of benzene rings is 2.